The van der Waals surface area contributed by atoms with Gasteiger partial charge in [-0.2, -0.15) is 0 Å². The van der Waals surface area contributed by atoms with Gasteiger partial charge in [-0.3, -0.25) is 14.9 Å². The molecule has 2 aromatic carbocycles. The van der Waals surface area contributed by atoms with Gasteiger partial charge in [-0.1, -0.05) is 12.1 Å². The molecule has 0 spiro atoms. The predicted molar refractivity (Wildman–Crippen MR) is 109 cm³/mol. The number of fused-ring (bicyclic) bond motifs is 1. The second kappa shape index (κ2) is 7.35. The van der Waals surface area contributed by atoms with E-state index in [0.29, 0.717) is 22.6 Å². The molecule has 0 aliphatic heterocycles. The lowest BCUT2D eigenvalue weighted by atomic mass is 10.2. The highest BCUT2D eigenvalue weighted by molar-refractivity contribution is 6.01. The molecule has 0 bridgehead atoms. The number of hydrogen-bond donors (Lipinski definition) is 1. The molecular formula is C22H19FN4O2. The van der Waals surface area contributed by atoms with Crippen molar-refractivity contribution >= 4 is 16.8 Å². The molecule has 29 heavy (non-hydrogen) atoms. The van der Waals surface area contributed by atoms with Crippen molar-refractivity contribution in [2.45, 2.75) is 13.8 Å². The van der Waals surface area contributed by atoms with Crippen molar-refractivity contribution in [2.75, 3.05) is 12.5 Å². The maximum absolute atomic E-state index is 13.5. The lowest BCUT2D eigenvalue weighted by molar-refractivity contribution is 0.101. The van der Waals surface area contributed by atoms with Crippen LogP contribution in [0.2, 0.25) is 0 Å². The van der Waals surface area contributed by atoms with Crippen LogP contribution in [0.1, 0.15) is 21.6 Å². The lowest BCUT2D eigenvalue weighted by Crippen LogP contribution is -2.23. The Morgan fingerprint density at radius 2 is 2.00 bits per heavy atom. The molecule has 0 fully saturated rings. The smallest absolute Gasteiger partial charge is 0.273 e. The van der Waals surface area contributed by atoms with Crippen molar-refractivity contribution < 1.29 is 13.9 Å². The van der Waals surface area contributed by atoms with E-state index in [9.17, 15) is 9.18 Å². The highest BCUT2D eigenvalue weighted by atomic mass is 19.1. The largest absolute Gasteiger partial charge is 0.497 e. The van der Waals surface area contributed by atoms with Crippen LogP contribution in [-0.4, -0.2) is 27.7 Å². The minimum atomic E-state index is -0.364. The molecule has 2 heterocycles. The number of halogens is 1. The van der Waals surface area contributed by atoms with E-state index in [1.165, 1.54) is 18.3 Å². The summed E-state index contributed by atoms with van der Waals surface area (Å²) in [5.74, 6) is 0.424. The van der Waals surface area contributed by atoms with Gasteiger partial charge in [0.25, 0.3) is 5.91 Å². The van der Waals surface area contributed by atoms with Gasteiger partial charge in [0.05, 0.1) is 23.9 Å². The summed E-state index contributed by atoms with van der Waals surface area (Å²) < 4.78 is 20.4. The standard InChI is InChI=1S/C22H19FN4O2/c1-13-12-27(20-8-7-17(29-3)10-18(13)20)26-22(28)19-11-24-21(25-14(19)2)15-5-4-6-16(23)9-15/h4-12H,1-3H3,(H,26,28). The molecule has 0 atom stereocenters. The van der Waals surface area contributed by atoms with Gasteiger partial charge in [0.2, 0.25) is 0 Å². The number of nitrogens with zero attached hydrogens (tertiary/aromatic N) is 3. The Bertz CT molecular complexity index is 1230. The second-order valence-corrected chi connectivity index (χ2v) is 6.71. The quantitative estimate of drug-likeness (QED) is 0.566. The van der Waals surface area contributed by atoms with Gasteiger partial charge in [0, 0.05) is 23.3 Å². The first kappa shape index (κ1) is 18.6. The Balaban J connectivity index is 1.63. The van der Waals surface area contributed by atoms with E-state index in [-0.39, 0.29) is 11.7 Å². The van der Waals surface area contributed by atoms with Gasteiger partial charge in [-0.15, -0.1) is 0 Å². The first-order valence-electron chi connectivity index (χ1n) is 9.03. The summed E-state index contributed by atoms with van der Waals surface area (Å²) in [6.45, 7) is 3.69. The summed E-state index contributed by atoms with van der Waals surface area (Å²) in [5.41, 5.74) is 6.14. The summed E-state index contributed by atoms with van der Waals surface area (Å²) in [6, 6.07) is 11.7. The zero-order valence-electron chi connectivity index (χ0n) is 16.2. The van der Waals surface area contributed by atoms with Crippen LogP contribution in [0.25, 0.3) is 22.3 Å². The lowest BCUT2D eigenvalue weighted by Gasteiger charge is -2.10. The van der Waals surface area contributed by atoms with Crippen LogP contribution in [0.15, 0.2) is 54.9 Å². The zero-order valence-corrected chi connectivity index (χ0v) is 16.2. The average Bonchev–Trinajstić information content (AvgIpc) is 3.02. The Kier molecular flexibility index (Phi) is 4.72. The van der Waals surface area contributed by atoms with Gasteiger partial charge in [0.15, 0.2) is 5.82 Å². The van der Waals surface area contributed by atoms with Gasteiger partial charge in [-0.25, -0.2) is 14.4 Å². The van der Waals surface area contributed by atoms with Crippen molar-refractivity contribution in [3.05, 3.63) is 77.5 Å². The zero-order chi connectivity index (χ0) is 20.5. The number of rotatable bonds is 4. The molecule has 0 unspecified atom stereocenters. The van der Waals surface area contributed by atoms with Crippen LogP contribution in [0, 0.1) is 19.7 Å². The molecule has 2 aromatic heterocycles. The third-order valence-electron chi connectivity index (χ3n) is 4.74. The molecule has 0 saturated carbocycles. The third kappa shape index (κ3) is 3.54. The maximum Gasteiger partial charge on any atom is 0.273 e. The van der Waals surface area contributed by atoms with Crippen LogP contribution in [0.4, 0.5) is 4.39 Å². The number of nitrogens with one attached hydrogen (secondary N) is 1. The van der Waals surface area contributed by atoms with Crippen molar-refractivity contribution in [1.82, 2.24) is 14.6 Å². The summed E-state index contributed by atoms with van der Waals surface area (Å²) in [5, 5.41) is 0.985. The molecule has 0 aliphatic carbocycles. The second-order valence-electron chi connectivity index (χ2n) is 6.71. The van der Waals surface area contributed by atoms with E-state index < -0.39 is 0 Å². The number of benzene rings is 2. The third-order valence-corrected chi connectivity index (χ3v) is 4.74. The molecule has 1 N–H and O–H groups in total. The van der Waals surface area contributed by atoms with Gasteiger partial charge >= 0.3 is 0 Å². The summed E-state index contributed by atoms with van der Waals surface area (Å²) in [7, 11) is 1.62. The number of carbonyl (C=O) groups excluding carboxylic acids is 1. The normalized spacial score (nSPS) is 10.9. The van der Waals surface area contributed by atoms with E-state index in [4.69, 9.17) is 4.74 Å². The highest BCUT2D eigenvalue weighted by Gasteiger charge is 2.15. The van der Waals surface area contributed by atoms with Crippen LogP contribution in [-0.2, 0) is 0 Å². The van der Waals surface area contributed by atoms with Crippen molar-refractivity contribution in [3.63, 3.8) is 0 Å². The molecule has 146 valence electrons. The number of amides is 1. The average molecular weight is 390 g/mol. The van der Waals surface area contributed by atoms with Crippen LogP contribution >= 0.6 is 0 Å². The number of carbonyl (C=O) groups is 1. The fourth-order valence-electron chi connectivity index (χ4n) is 3.22. The Labute approximate surface area is 167 Å². The van der Waals surface area contributed by atoms with Crippen molar-refractivity contribution in [1.29, 1.82) is 0 Å². The van der Waals surface area contributed by atoms with Gasteiger partial charge < -0.3 is 4.74 Å². The topological polar surface area (TPSA) is 69.0 Å². The summed E-state index contributed by atoms with van der Waals surface area (Å²) in [4.78, 5) is 21.4. The summed E-state index contributed by atoms with van der Waals surface area (Å²) in [6.07, 6.45) is 3.30. The maximum atomic E-state index is 13.5. The molecule has 0 radical (unpaired) electrons. The van der Waals surface area contributed by atoms with Crippen LogP contribution < -0.4 is 10.2 Å². The number of hydrogen-bond acceptors (Lipinski definition) is 4. The van der Waals surface area contributed by atoms with Crippen LogP contribution in [0.5, 0.6) is 5.75 Å². The minimum absolute atomic E-state index is 0.332. The van der Waals surface area contributed by atoms with E-state index >= 15 is 0 Å². The fraction of sp³-hybridized carbons (Fsp3) is 0.136. The van der Waals surface area contributed by atoms with E-state index in [1.807, 2.05) is 31.3 Å². The first-order chi connectivity index (χ1) is 14.0. The Morgan fingerprint density at radius 1 is 1.17 bits per heavy atom. The predicted octanol–water partition coefficient (Wildman–Crippen LogP) is 4.25. The molecule has 1 amide bonds. The summed E-state index contributed by atoms with van der Waals surface area (Å²) >= 11 is 0. The highest BCUT2D eigenvalue weighted by Crippen LogP contribution is 2.25. The number of aromatic nitrogens is 3. The van der Waals surface area contributed by atoms with Gasteiger partial charge in [0.1, 0.15) is 11.6 Å². The molecule has 4 rings (SSSR count). The number of methoxy groups -OCH3 is 1. The van der Waals surface area contributed by atoms with Crippen molar-refractivity contribution in [3.8, 4) is 17.1 Å². The van der Waals surface area contributed by atoms with Crippen molar-refractivity contribution in [2.24, 2.45) is 0 Å². The van der Waals surface area contributed by atoms with Crippen LogP contribution in [0.3, 0.4) is 0 Å². The SMILES string of the molecule is COc1ccc2c(c1)c(C)cn2NC(=O)c1cnc(-c2cccc(F)c2)nc1C. The van der Waals surface area contributed by atoms with Gasteiger partial charge in [-0.05, 0) is 49.7 Å². The first-order valence-corrected chi connectivity index (χ1v) is 9.03. The van der Waals surface area contributed by atoms with E-state index in [1.54, 1.807) is 30.8 Å². The number of aryl methyl sites for hydroxylation is 2. The molecule has 6 nitrogen and oxygen atoms in total. The van der Waals surface area contributed by atoms with E-state index in [0.717, 1.165) is 22.2 Å². The number of ether oxygens (including phenoxy) is 1. The Hall–Kier alpha value is -3.74. The molecule has 0 aliphatic rings. The monoisotopic (exact) mass is 390 g/mol. The molecule has 4 aromatic rings. The fourth-order valence-corrected chi connectivity index (χ4v) is 3.22. The molecule has 7 heteroatoms. The van der Waals surface area contributed by atoms with E-state index in [2.05, 4.69) is 15.4 Å². The molecule has 0 saturated heterocycles. The minimum Gasteiger partial charge on any atom is -0.497 e. The molecular weight excluding hydrogens is 371 g/mol. The Morgan fingerprint density at radius 3 is 2.72 bits per heavy atom.